The van der Waals surface area contributed by atoms with Gasteiger partial charge < -0.3 is 29.8 Å². The first-order chi connectivity index (χ1) is 17.9. The van der Waals surface area contributed by atoms with E-state index in [1.807, 2.05) is 65.8 Å². The number of carbonyl (C=O) groups is 1. The van der Waals surface area contributed by atoms with E-state index >= 15 is 0 Å². The van der Waals surface area contributed by atoms with Gasteiger partial charge in [-0.3, -0.25) is 4.79 Å². The first-order valence-corrected chi connectivity index (χ1v) is 13.4. The van der Waals surface area contributed by atoms with Gasteiger partial charge in [-0.25, -0.2) is 14.8 Å². The molecule has 4 rings (SSSR count). The number of anilines is 1. The van der Waals surface area contributed by atoms with Crippen molar-refractivity contribution in [1.29, 1.82) is 0 Å². The highest BCUT2D eigenvalue weighted by Crippen LogP contribution is 2.24. The van der Waals surface area contributed by atoms with Crippen molar-refractivity contribution >= 4 is 23.1 Å². The van der Waals surface area contributed by atoms with E-state index in [0.717, 1.165) is 49.5 Å². The second kappa shape index (κ2) is 11.1. The van der Waals surface area contributed by atoms with E-state index < -0.39 is 5.60 Å². The normalized spacial score (nSPS) is 15.5. The van der Waals surface area contributed by atoms with E-state index in [1.165, 1.54) is 0 Å². The van der Waals surface area contributed by atoms with Crippen molar-refractivity contribution in [2.24, 2.45) is 0 Å². The van der Waals surface area contributed by atoms with Gasteiger partial charge in [0.2, 0.25) is 5.95 Å². The highest BCUT2D eigenvalue weighted by atomic mass is 16.6. The van der Waals surface area contributed by atoms with E-state index in [0.29, 0.717) is 24.6 Å². The van der Waals surface area contributed by atoms with Gasteiger partial charge in [0.15, 0.2) is 0 Å². The number of nitrogens with one attached hydrogen (secondary N) is 3. The molecule has 3 aromatic rings. The summed E-state index contributed by atoms with van der Waals surface area (Å²) < 4.78 is 7.42. The summed E-state index contributed by atoms with van der Waals surface area (Å²) in [6, 6.07) is 9.88. The zero-order chi connectivity index (χ0) is 27.5. The van der Waals surface area contributed by atoms with Crippen LogP contribution in [0, 0.1) is 0 Å². The zero-order valence-electron chi connectivity index (χ0n) is 23.4. The molecule has 0 atom stereocenters. The topological polar surface area (TPSA) is 117 Å². The number of alkyl carbamates (subject to hydrolysis) is 1. The molecule has 1 saturated heterocycles. The number of H-pyrrole nitrogens is 1. The Hall–Kier alpha value is -3.40. The van der Waals surface area contributed by atoms with Gasteiger partial charge in [-0.15, -0.1) is 0 Å². The van der Waals surface area contributed by atoms with Crippen LogP contribution in [0.4, 0.5) is 10.7 Å². The van der Waals surface area contributed by atoms with Crippen LogP contribution >= 0.6 is 0 Å². The Morgan fingerprint density at radius 2 is 1.82 bits per heavy atom. The molecule has 10 heteroatoms. The number of piperidine rings is 1. The van der Waals surface area contributed by atoms with E-state index in [9.17, 15) is 9.59 Å². The summed E-state index contributed by atoms with van der Waals surface area (Å²) in [5, 5.41) is 6.50. The first kappa shape index (κ1) is 27.6. The Labute approximate surface area is 224 Å². The summed E-state index contributed by atoms with van der Waals surface area (Å²) >= 11 is 0. The van der Waals surface area contributed by atoms with Crippen LogP contribution in [0.5, 0.6) is 0 Å². The van der Waals surface area contributed by atoms with Gasteiger partial charge in [-0.05, 0) is 45.7 Å². The average Bonchev–Trinajstić information content (AvgIpc) is 3.15. The van der Waals surface area contributed by atoms with Gasteiger partial charge in [0.1, 0.15) is 11.4 Å². The molecule has 10 nitrogen and oxygen atoms in total. The molecule has 0 saturated carbocycles. The third-order valence-electron chi connectivity index (χ3n) is 6.50. The van der Waals surface area contributed by atoms with Gasteiger partial charge >= 0.3 is 6.09 Å². The summed E-state index contributed by atoms with van der Waals surface area (Å²) in [7, 11) is 0. The molecule has 2 aromatic heterocycles. The van der Waals surface area contributed by atoms with Gasteiger partial charge in [0, 0.05) is 43.7 Å². The number of carbonyl (C=O) groups excluding carboxylic acids is 1. The highest BCUT2D eigenvalue weighted by Gasteiger charge is 2.23. The maximum Gasteiger partial charge on any atom is 0.407 e. The molecule has 1 aromatic carbocycles. The smallest absolute Gasteiger partial charge is 0.407 e. The lowest BCUT2D eigenvalue weighted by Gasteiger charge is -2.32. The minimum absolute atomic E-state index is 0.146. The van der Waals surface area contributed by atoms with Crippen LogP contribution in [0.1, 0.15) is 65.9 Å². The molecule has 1 aliphatic rings. The van der Waals surface area contributed by atoms with Gasteiger partial charge in [-0.1, -0.05) is 32.9 Å². The minimum atomic E-state index is -0.494. The molecule has 1 fully saturated rings. The van der Waals surface area contributed by atoms with Crippen LogP contribution < -0.4 is 16.2 Å². The Bertz CT molecular complexity index is 1310. The number of rotatable bonds is 7. The predicted octanol–water partition coefficient (Wildman–Crippen LogP) is 3.87. The number of hydrogen-bond donors (Lipinski definition) is 3. The number of hydrogen-bond acceptors (Lipinski definition) is 7. The van der Waals surface area contributed by atoms with Crippen molar-refractivity contribution in [3.05, 3.63) is 52.2 Å². The van der Waals surface area contributed by atoms with Crippen LogP contribution in [0.2, 0.25) is 0 Å². The van der Waals surface area contributed by atoms with E-state index in [4.69, 9.17) is 14.7 Å². The number of aromatic nitrogens is 4. The van der Waals surface area contributed by atoms with Crippen LogP contribution in [0.15, 0.2) is 35.1 Å². The number of amides is 1. The maximum atomic E-state index is 12.4. The number of aromatic amines is 1. The summed E-state index contributed by atoms with van der Waals surface area (Å²) in [6.45, 7) is 15.3. The van der Waals surface area contributed by atoms with Gasteiger partial charge in [0.05, 0.1) is 23.3 Å². The monoisotopic (exact) mass is 523 g/mol. The molecule has 1 aliphatic heterocycles. The summed E-state index contributed by atoms with van der Waals surface area (Å²) in [4.78, 5) is 39.1. The van der Waals surface area contributed by atoms with Crippen molar-refractivity contribution in [3.8, 4) is 0 Å². The lowest BCUT2D eigenvalue weighted by Crippen LogP contribution is -2.43. The fraction of sp³-hybridized carbons (Fsp3) is 0.571. The van der Waals surface area contributed by atoms with Crippen molar-refractivity contribution in [2.45, 2.75) is 78.0 Å². The number of imidazole rings is 1. The quantitative estimate of drug-likeness (QED) is 0.430. The predicted molar refractivity (Wildman–Crippen MR) is 150 cm³/mol. The van der Waals surface area contributed by atoms with Crippen LogP contribution in [-0.2, 0) is 16.7 Å². The summed E-state index contributed by atoms with van der Waals surface area (Å²) in [6.07, 6.45) is 1.55. The zero-order valence-corrected chi connectivity index (χ0v) is 23.4. The first-order valence-electron chi connectivity index (χ1n) is 13.4. The maximum absolute atomic E-state index is 12.4. The molecule has 1 amide bonds. The Balaban J connectivity index is 1.40. The molecule has 3 N–H and O–H groups in total. The molecule has 0 aliphatic carbocycles. The Morgan fingerprint density at radius 3 is 2.50 bits per heavy atom. The lowest BCUT2D eigenvalue weighted by molar-refractivity contribution is 0.0520. The summed E-state index contributed by atoms with van der Waals surface area (Å²) in [5.74, 6) is 1.46. The molecule has 38 heavy (non-hydrogen) atoms. The van der Waals surface area contributed by atoms with E-state index in [2.05, 4.69) is 25.1 Å². The number of fused-ring (bicyclic) bond motifs is 1. The van der Waals surface area contributed by atoms with Crippen molar-refractivity contribution in [2.75, 3.05) is 31.5 Å². The number of nitrogens with zero attached hydrogens (tertiary/aromatic N) is 4. The number of ether oxygens (including phenoxy) is 1. The molecule has 3 heterocycles. The molecular weight excluding hydrogens is 482 g/mol. The average molecular weight is 524 g/mol. The largest absolute Gasteiger partial charge is 0.444 e. The molecule has 0 radical (unpaired) electrons. The van der Waals surface area contributed by atoms with Crippen LogP contribution in [0.3, 0.4) is 0 Å². The third-order valence-corrected chi connectivity index (χ3v) is 6.50. The van der Waals surface area contributed by atoms with Crippen molar-refractivity contribution in [3.63, 3.8) is 0 Å². The fourth-order valence-corrected chi connectivity index (χ4v) is 4.57. The number of para-hydroxylation sites is 2. The van der Waals surface area contributed by atoms with Gasteiger partial charge in [-0.2, -0.15) is 0 Å². The van der Waals surface area contributed by atoms with E-state index in [-0.39, 0.29) is 23.1 Å². The molecule has 0 unspecified atom stereocenters. The molecule has 0 bridgehead atoms. The number of benzene rings is 1. The lowest BCUT2D eigenvalue weighted by atomic mass is 9.95. The highest BCUT2D eigenvalue weighted by molar-refractivity contribution is 5.78. The second-order valence-electron chi connectivity index (χ2n) is 12.0. The number of likely N-dealkylation sites (tertiary alicyclic amines) is 1. The summed E-state index contributed by atoms with van der Waals surface area (Å²) in [5.41, 5.74) is 1.71. The standard InChI is InChI=1S/C28H41N7O3/c1-27(2,3)24-30-20(17-23(36)33-24)18-35-22-10-8-7-9-21(22)32-25(35)31-19-11-14-34(15-12-19)16-13-29-26(37)38-28(4,5)6/h7-10,17,19H,11-16,18H2,1-6H3,(H,29,37)(H,31,32)(H,30,33,36). The van der Waals surface area contributed by atoms with Gasteiger partial charge in [0.25, 0.3) is 5.56 Å². The third kappa shape index (κ3) is 7.34. The SMILES string of the molecule is CC(C)(C)OC(=O)NCCN1CCC(Nc2nc3ccccc3n2Cc2cc(=O)[nH]c(C(C)(C)C)n2)CC1. The molecular formula is C28H41N7O3. The Kier molecular flexibility index (Phi) is 8.10. The second-order valence-corrected chi connectivity index (χ2v) is 12.0. The van der Waals surface area contributed by atoms with Crippen LogP contribution in [-0.4, -0.2) is 68.3 Å². The molecule has 0 spiro atoms. The van der Waals surface area contributed by atoms with Crippen molar-refractivity contribution < 1.29 is 9.53 Å². The Morgan fingerprint density at radius 1 is 1.11 bits per heavy atom. The molecule has 206 valence electrons. The van der Waals surface area contributed by atoms with Crippen molar-refractivity contribution in [1.82, 2.24) is 29.7 Å². The fourth-order valence-electron chi connectivity index (χ4n) is 4.57. The van der Waals surface area contributed by atoms with E-state index in [1.54, 1.807) is 6.07 Å². The van der Waals surface area contributed by atoms with Crippen LogP contribution in [0.25, 0.3) is 11.0 Å². The minimum Gasteiger partial charge on any atom is -0.444 e.